The van der Waals surface area contributed by atoms with Gasteiger partial charge in [0.15, 0.2) is 6.61 Å². The summed E-state index contributed by atoms with van der Waals surface area (Å²) in [6.45, 7) is 3.05. The van der Waals surface area contributed by atoms with Crippen molar-refractivity contribution in [3.63, 3.8) is 0 Å². The molecule has 0 radical (unpaired) electrons. The van der Waals surface area contributed by atoms with Gasteiger partial charge in [-0.2, -0.15) is 0 Å². The van der Waals surface area contributed by atoms with E-state index in [1.807, 2.05) is 5.32 Å². The molecule has 134 valence electrons. The monoisotopic (exact) mass is 348 g/mol. The summed E-state index contributed by atoms with van der Waals surface area (Å²) >= 11 is 0. The van der Waals surface area contributed by atoms with Crippen molar-refractivity contribution < 1.29 is 28.6 Å². The van der Waals surface area contributed by atoms with Crippen molar-refractivity contribution in [1.29, 1.82) is 0 Å². The molecule has 0 saturated heterocycles. The number of esters is 1. The Morgan fingerprint density at radius 3 is 2.60 bits per heavy atom. The minimum absolute atomic E-state index is 0.212. The largest absolute Gasteiger partial charge is 0.497 e. The Hall–Kier alpha value is -3.29. The molecule has 0 atom stereocenters. The molecule has 0 aliphatic heterocycles. The number of amides is 3. The number of carbonyl (C=O) groups is 3. The standard InChI is InChI=1S/C17H20N2O6/c1-4-9-18-17(22)19-15(20)11-25-16(21)8-5-12-10-13(23-2)6-7-14(12)24-3/h4-8,10H,1,9,11H2,2-3H3,(H2,18,19,20,22)/b8-5+. The van der Waals surface area contributed by atoms with E-state index in [9.17, 15) is 14.4 Å². The molecule has 25 heavy (non-hydrogen) atoms. The van der Waals surface area contributed by atoms with Crippen molar-refractivity contribution in [2.45, 2.75) is 0 Å². The molecule has 2 N–H and O–H groups in total. The van der Waals surface area contributed by atoms with Gasteiger partial charge in [-0.25, -0.2) is 9.59 Å². The maximum atomic E-state index is 11.7. The highest BCUT2D eigenvalue weighted by Gasteiger charge is 2.09. The first-order chi connectivity index (χ1) is 12.0. The molecule has 0 fully saturated rings. The van der Waals surface area contributed by atoms with Crippen molar-refractivity contribution in [2.24, 2.45) is 0 Å². The van der Waals surface area contributed by atoms with E-state index in [-0.39, 0.29) is 6.54 Å². The van der Waals surface area contributed by atoms with Gasteiger partial charge in [0, 0.05) is 18.2 Å². The third kappa shape index (κ3) is 7.21. The van der Waals surface area contributed by atoms with Gasteiger partial charge >= 0.3 is 12.0 Å². The molecule has 0 spiro atoms. The van der Waals surface area contributed by atoms with Crippen molar-refractivity contribution in [1.82, 2.24) is 10.6 Å². The average Bonchev–Trinajstić information content (AvgIpc) is 2.62. The van der Waals surface area contributed by atoms with E-state index in [0.717, 1.165) is 6.08 Å². The van der Waals surface area contributed by atoms with Crippen molar-refractivity contribution in [2.75, 3.05) is 27.4 Å². The van der Waals surface area contributed by atoms with E-state index in [1.54, 1.807) is 18.2 Å². The van der Waals surface area contributed by atoms with Crippen LogP contribution >= 0.6 is 0 Å². The van der Waals surface area contributed by atoms with Gasteiger partial charge < -0.3 is 19.5 Å². The van der Waals surface area contributed by atoms with Crippen molar-refractivity contribution in [3.05, 3.63) is 42.5 Å². The van der Waals surface area contributed by atoms with Gasteiger partial charge in [-0.05, 0) is 24.3 Å². The third-order valence-corrected chi connectivity index (χ3v) is 2.84. The third-order valence-electron chi connectivity index (χ3n) is 2.84. The Morgan fingerprint density at radius 1 is 1.20 bits per heavy atom. The minimum atomic E-state index is -0.748. The summed E-state index contributed by atoms with van der Waals surface area (Å²) in [6.07, 6.45) is 4.07. The first kappa shape index (κ1) is 19.8. The van der Waals surface area contributed by atoms with E-state index in [1.165, 1.54) is 26.4 Å². The zero-order valence-corrected chi connectivity index (χ0v) is 14.0. The van der Waals surface area contributed by atoms with E-state index < -0.39 is 24.5 Å². The molecule has 1 aromatic carbocycles. The van der Waals surface area contributed by atoms with Crippen LogP contribution in [0.1, 0.15) is 5.56 Å². The van der Waals surface area contributed by atoms with Crippen LogP contribution < -0.4 is 20.1 Å². The van der Waals surface area contributed by atoms with Crippen LogP contribution in [-0.4, -0.2) is 45.3 Å². The number of benzene rings is 1. The van der Waals surface area contributed by atoms with Crippen LogP contribution in [0.2, 0.25) is 0 Å². The van der Waals surface area contributed by atoms with Crippen LogP contribution in [-0.2, 0) is 14.3 Å². The summed E-state index contributed by atoms with van der Waals surface area (Å²) in [4.78, 5) is 34.3. The number of imide groups is 1. The van der Waals surface area contributed by atoms with Crippen LogP contribution in [0.4, 0.5) is 4.79 Å². The topological polar surface area (TPSA) is 103 Å². The van der Waals surface area contributed by atoms with Gasteiger partial charge in [-0.1, -0.05) is 6.08 Å². The van der Waals surface area contributed by atoms with Crippen LogP contribution in [0.25, 0.3) is 6.08 Å². The lowest BCUT2D eigenvalue weighted by Crippen LogP contribution is -2.41. The lowest BCUT2D eigenvalue weighted by molar-refractivity contribution is -0.143. The zero-order chi connectivity index (χ0) is 18.7. The maximum absolute atomic E-state index is 11.7. The number of rotatable bonds is 8. The van der Waals surface area contributed by atoms with Gasteiger partial charge in [-0.3, -0.25) is 10.1 Å². The van der Waals surface area contributed by atoms with Gasteiger partial charge in [0.2, 0.25) is 0 Å². The Morgan fingerprint density at radius 2 is 1.96 bits per heavy atom. The summed E-state index contributed by atoms with van der Waals surface area (Å²) in [7, 11) is 3.02. The first-order valence-corrected chi connectivity index (χ1v) is 7.25. The summed E-state index contributed by atoms with van der Waals surface area (Å²) in [5.41, 5.74) is 0.604. The molecule has 8 nitrogen and oxygen atoms in total. The molecule has 0 aliphatic rings. The number of methoxy groups -OCH3 is 2. The SMILES string of the molecule is C=CCNC(=O)NC(=O)COC(=O)/C=C/c1cc(OC)ccc1OC. The Bertz CT molecular complexity index is 669. The van der Waals surface area contributed by atoms with Gasteiger partial charge in [0.25, 0.3) is 5.91 Å². The molecular weight excluding hydrogens is 328 g/mol. The fourth-order valence-electron chi connectivity index (χ4n) is 1.68. The molecule has 0 bridgehead atoms. The lowest BCUT2D eigenvalue weighted by atomic mass is 10.1. The lowest BCUT2D eigenvalue weighted by Gasteiger charge is -2.07. The Kier molecular flexibility index (Phi) is 8.28. The molecule has 8 heteroatoms. The predicted molar refractivity (Wildman–Crippen MR) is 91.3 cm³/mol. The highest BCUT2D eigenvalue weighted by atomic mass is 16.5. The average molecular weight is 348 g/mol. The second-order valence-electron chi connectivity index (χ2n) is 4.60. The molecule has 0 heterocycles. The Balaban J connectivity index is 2.54. The Labute approximate surface area is 145 Å². The molecule has 1 aromatic rings. The first-order valence-electron chi connectivity index (χ1n) is 7.25. The molecular formula is C17H20N2O6. The number of carbonyl (C=O) groups excluding carboxylic acids is 3. The van der Waals surface area contributed by atoms with Crippen LogP contribution in [0.5, 0.6) is 11.5 Å². The smallest absolute Gasteiger partial charge is 0.331 e. The van der Waals surface area contributed by atoms with Crippen LogP contribution in [0, 0.1) is 0 Å². The molecule has 0 aromatic heterocycles. The highest BCUT2D eigenvalue weighted by Crippen LogP contribution is 2.25. The van der Waals surface area contributed by atoms with Crippen LogP contribution in [0.3, 0.4) is 0 Å². The fourth-order valence-corrected chi connectivity index (χ4v) is 1.68. The molecule has 1 rings (SSSR count). The van der Waals surface area contributed by atoms with E-state index >= 15 is 0 Å². The maximum Gasteiger partial charge on any atom is 0.331 e. The summed E-state index contributed by atoms with van der Waals surface area (Å²) in [6, 6.07) is 4.40. The summed E-state index contributed by atoms with van der Waals surface area (Å²) in [5.74, 6) is -0.353. The summed E-state index contributed by atoms with van der Waals surface area (Å²) < 4.78 is 15.0. The van der Waals surface area contributed by atoms with E-state index in [0.29, 0.717) is 17.1 Å². The fraction of sp³-hybridized carbons (Fsp3) is 0.235. The second-order valence-corrected chi connectivity index (χ2v) is 4.60. The van der Waals surface area contributed by atoms with Crippen molar-refractivity contribution >= 4 is 24.0 Å². The van der Waals surface area contributed by atoms with Gasteiger partial charge in [0.1, 0.15) is 11.5 Å². The van der Waals surface area contributed by atoms with Crippen molar-refractivity contribution in [3.8, 4) is 11.5 Å². The van der Waals surface area contributed by atoms with E-state index in [2.05, 4.69) is 11.9 Å². The van der Waals surface area contributed by atoms with Gasteiger partial charge in [0.05, 0.1) is 14.2 Å². The second kappa shape index (κ2) is 10.5. The highest BCUT2D eigenvalue weighted by molar-refractivity contribution is 5.96. The van der Waals surface area contributed by atoms with Gasteiger partial charge in [-0.15, -0.1) is 6.58 Å². The number of urea groups is 1. The molecule has 0 saturated carbocycles. The number of ether oxygens (including phenoxy) is 3. The van der Waals surface area contributed by atoms with Crippen LogP contribution in [0.15, 0.2) is 36.9 Å². The number of hydrogen-bond acceptors (Lipinski definition) is 6. The predicted octanol–water partition coefficient (Wildman–Crippen LogP) is 1.27. The minimum Gasteiger partial charge on any atom is -0.497 e. The quantitative estimate of drug-likeness (QED) is 0.417. The normalized spacial score (nSPS) is 10.0. The summed E-state index contributed by atoms with van der Waals surface area (Å²) in [5, 5.41) is 4.35. The number of hydrogen-bond donors (Lipinski definition) is 2. The molecule has 0 aliphatic carbocycles. The molecule has 3 amide bonds. The number of nitrogens with one attached hydrogen (secondary N) is 2. The van der Waals surface area contributed by atoms with E-state index in [4.69, 9.17) is 14.2 Å². The molecule has 0 unspecified atom stereocenters. The zero-order valence-electron chi connectivity index (χ0n) is 14.0.